The van der Waals surface area contributed by atoms with Gasteiger partial charge in [0, 0.05) is 6.04 Å². The molecule has 16 heavy (non-hydrogen) atoms. The monoisotopic (exact) mass is 215 g/mol. The van der Waals surface area contributed by atoms with Crippen LogP contribution in [0.25, 0.3) is 0 Å². The van der Waals surface area contributed by atoms with Gasteiger partial charge in [0.05, 0.1) is 0 Å². The van der Waals surface area contributed by atoms with Crippen molar-refractivity contribution in [1.82, 2.24) is 10.3 Å². The molecule has 1 aromatic heterocycles. The van der Waals surface area contributed by atoms with Crippen molar-refractivity contribution in [2.45, 2.75) is 31.7 Å². The molecule has 1 amide bonds. The first-order valence-corrected chi connectivity index (χ1v) is 5.47. The Morgan fingerprint density at radius 1 is 1.44 bits per heavy atom. The number of aromatic nitrogens is 1. The minimum atomic E-state index is -0.177. The predicted molar refractivity (Wildman–Crippen MR) is 58.7 cm³/mol. The topological polar surface area (TPSA) is 65.8 Å². The SMILES string of the molecule is N#Cc1cccc(C(=O)NC2CCCC2)n1. The molecule has 1 heterocycles. The standard InChI is InChI=1S/C12H13N3O/c13-8-10-6-3-7-11(14-10)12(16)15-9-4-1-2-5-9/h3,6-7,9H,1-2,4-5H2,(H,15,16). The molecule has 0 aromatic carbocycles. The molecule has 4 nitrogen and oxygen atoms in total. The van der Waals surface area contributed by atoms with Gasteiger partial charge in [0.1, 0.15) is 17.5 Å². The molecule has 0 spiro atoms. The fraction of sp³-hybridized carbons (Fsp3) is 0.417. The van der Waals surface area contributed by atoms with Crippen LogP contribution in [-0.4, -0.2) is 16.9 Å². The molecule has 1 saturated carbocycles. The number of hydrogen-bond donors (Lipinski definition) is 1. The van der Waals surface area contributed by atoms with E-state index in [0.717, 1.165) is 12.8 Å². The van der Waals surface area contributed by atoms with E-state index < -0.39 is 0 Å². The lowest BCUT2D eigenvalue weighted by molar-refractivity contribution is 0.0933. The first kappa shape index (κ1) is 10.6. The van der Waals surface area contributed by atoms with Crippen LogP contribution in [0.2, 0.25) is 0 Å². The maximum absolute atomic E-state index is 11.8. The van der Waals surface area contributed by atoms with Crippen molar-refractivity contribution >= 4 is 5.91 Å². The first-order valence-electron chi connectivity index (χ1n) is 5.47. The van der Waals surface area contributed by atoms with E-state index in [2.05, 4.69) is 10.3 Å². The van der Waals surface area contributed by atoms with Crippen molar-refractivity contribution in [1.29, 1.82) is 5.26 Å². The third-order valence-corrected chi connectivity index (χ3v) is 2.79. The van der Waals surface area contributed by atoms with E-state index in [1.165, 1.54) is 12.8 Å². The van der Waals surface area contributed by atoms with Crippen molar-refractivity contribution in [2.75, 3.05) is 0 Å². The number of nitriles is 1. The Hall–Kier alpha value is -1.89. The Balaban J connectivity index is 2.05. The van der Waals surface area contributed by atoms with Crippen LogP contribution < -0.4 is 5.32 Å². The number of amides is 1. The zero-order valence-corrected chi connectivity index (χ0v) is 8.94. The summed E-state index contributed by atoms with van der Waals surface area (Å²) in [6.45, 7) is 0. The van der Waals surface area contributed by atoms with Gasteiger partial charge in [-0.3, -0.25) is 4.79 Å². The number of nitrogens with one attached hydrogen (secondary N) is 1. The van der Waals surface area contributed by atoms with Crippen molar-refractivity contribution < 1.29 is 4.79 Å². The largest absolute Gasteiger partial charge is 0.348 e. The summed E-state index contributed by atoms with van der Waals surface area (Å²) < 4.78 is 0. The highest BCUT2D eigenvalue weighted by atomic mass is 16.1. The van der Waals surface area contributed by atoms with Crippen LogP contribution in [0.1, 0.15) is 41.9 Å². The number of hydrogen-bond acceptors (Lipinski definition) is 3. The Labute approximate surface area is 94.3 Å². The van der Waals surface area contributed by atoms with Gasteiger partial charge in [-0.1, -0.05) is 18.9 Å². The van der Waals surface area contributed by atoms with E-state index in [4.69, 9.17) is 5.26 Å². The minimum Gasteiger partial charge on any atom is -0.348 e. The second-order valence-electron chi connectivity index (χ2n) is 3.97. The number of carbonyl (C=O) groups excluding carboxylic acids is 1. The maximum Gasteiger partial charge on any atom is 0.270 e. The average molecular weight is 215 g/mol. The van der Waals surface area contributed by atoms with Gasteiger partial charge in [-0.15, -0.1) is 0 Å². The summed E-state index contributed by atoms with van der Waals surface area (Å²) in [5, 5.41) is 11.6. The van der Waals surface area contributed by atoms with Crippen molar-refractivity contribution in [3.8, 4) is 6.07 Å². The Morgan fingerprint density at radius 2 is 2.19 bits per heavy atom. The van der Waals surface area contributed by atoms with Crippen LogP contribution >= 0.6 is 0 Å². The molecule has 0 radical (unpaired) electrons. The fourth-order valence-electron chi connectivity index (χ4n) is 1.95. The summed E-state index contributed by atoms with van der Waals surface area (Å²) >= 11 is 0. The average Bonchev–Trinajstić information content (AvgIpc) is 2.82. The molecule has 82 valence electrons. The zero-order chi connectivity index (χ0) is 11.4. The minimum absolute atomic E-state index is 0.177. The summed E-state index contributed by atoms with van der Waals surface area (Å²) in [7, 11) is 0. The Morgan fingerprint density at radius 3 is 2.88 bits per heavy atom. The van der Waals surface area contributed by atoms with Crippen molar-refractivity contribution in [3.63, 3.8) is 0 Å². The first-order chi connectivity index (χ1) is 7.79. The van der Waals surface area contributed by atoms with Crippen LogP contribution in [-0.2, 0) is 0 Å². The van der Waals surface area contributed by atoms with Crippen LogP contribution in [0.5, 0.6) is 0 Å². The van der Waals surface area contributed by atoms with E-state index in [9.17, 15) is 4.79 Å². The highest BCUT2D eigenvalue weighted by Gasteiger charge is 2.18. The molecule has 0 aliphatic heterocycles. The summed E-state index contributed by atoms with van der Waals surface area (Å²) in [4.78, 5) is 15.7. The normalized spacial score (nSPS) is 15.7. The number of carbonyl (C=O) groups is 1. The lowest BCUT2D eigenvalue weighted by Gasteiger charge is -2.11. The second-order valence-corrected chi connectivity index (χ2v) is 3.97. The third kappa shape index (κ3) is 2.37. The van der Waals surface area contributed by atoms with Crippen LogP contribution in [0.4, 0.5) is 0 Å². The lowest BCUT2D eigenvalue weighted by Crippen LogP contribution is -2.33. The highest BCUT2D eigenvalue weighted by Crippen LogP contribution is 2.17. The van der Waals surface area contributed by atoms with Gasteiger partial charge < -0.3 is 5.32 Å². The summed E-state index contributed by atoms with van der Waals surface area (Å²) in [5.74, 6) is -0.177. The summed E-state index contributed by atoms with van der Waals surface area (Å²) in [6, 6.07) is 7.10. The molecule has 0 saturated heterocycles. The highest BCUT2D eigenvalue weighted by molar-refractivity contribution is 5.92. The van der Waals surface area contributed by atoms with Crippen LogP contribution in [0.3, 0.4) is 0 Å². The second kappa shape index (κ2) is 4.75. The molecular formula is C12H13N3O. The van der Waals surface area contributed by atoms with Crippen molar-refractivity contribution in [3.05, 3.63) is 29.6 Å². The van der Waals surface area contributed by atoms with Gasteiger partial charge in [0.2, 0.25) is 0 Å². The molecule has 0 unspecified atom stereocenters. The smallest absolute Gasteiger partial charge is 0.270 e. The molecular weight excluding hydrogens is 202 g/mol. The van der Waals surface area contributed by atoms with E-state index in [-0.39, 0.29) is 17.6 Å². The van der Waals surface area contributed by atoms with E-state index in [1.54, 1.807) is 18.2 Å². The number of rotatable bonds is 2. The van der Waals surface area contributed by atoms with Gasteiger partial charge in [-0.2, -0.15) is 5.26 Å². The van der Waals surface area contributed by atoms with Crippen LogP contribution in [0.15, 0.2) is 18.2 Å². The summed E-state index contributed by atoms with van der Waals surface area (Å²) in [5.41, 5.74) is 0.602. The Bertz CT molecular complexity index is 430. The van der Waals surface area contributed by atoms with E-state index in [1.807, 2.05) is 6.07 Å². The molecule has 0 atom stereocenters. The lowest BCUT2D eigenvalue weighted by atomic mass is 10.2. The predicted octanol–water partition coefficient (Wildman–Crippen LogP) is 1.63. The maximum atomic E-state index is 11.8. The quantitative estimate of drug-likeness (QED) is 0.815. The molecule has 1 aliphatic carbocycles. The van der Waals surface area contributed by atoms with E-state index >= 15 is 0 Å². The van der Waals surface area contributed by atoms with Gasteiger partial charge in [-0.25, -0.2) is 4.98 Å². The van der Waals surface area contributed by atoms with Gasteiger partial charge in [0.25, 0.3) is 5.91 Å². The summed E-state index contributed by atoms with van der Waals surface area (Å²) in [6.07, 6.45) is 4.45. The third-order valence-electron chi connectivity index (χ3n) is 2.79. The molecule has 2 rings (SSSR count). The van der Waals surface area contributed by atoms with Gasteiger partial charge >= 0.3 is 0 Å². The molecule has 0 bridgehead atoms. The fourth-order valence-corrected chi connectivity index (χ4v) is 1.95. The zero-order valence-electron chi connectivity index (χ0n) is 8.94. The molecule has 1 aromatic rings. The number of nitrogens with zero attached hydrogens (tertiary/aromatic N) is 2. The molecule has 4 heteroatoms. The molecule has 1 fully saturated rings. The van der Waals surface area contributed by atoms with Crippen LogP contribution in [0, 0.1) is 11.3 Å². The van der Waals surface area contributed by atoms with E-state index in [0.29, 0.717) is 5.69 Å². The van der Waals surface area contributed by atoms with Gasteiger partial charge in [-0.05, 0) is 25.0 Å². The molecule has 1 aliphatic rings. The molecule has 1 N–H and O–H groups in total. The van der Waals surface area contributed by atoms with Crippen molar-refractivity contribution in [2.24, 2.45) is 0 Å². The van der Waals surface area contributed by atoms with Gasteiger partial charge in [0.15, 0.2) is 0 Å². The Kier molecular flexibility index (Phi) is 3.16. The number of pyridine rings is 1.